The van der Waals surface area contributed by atoms with Gasteiger partial charge in [0, 0.05) is 12.2 Å². The molecule has 0 saturated heterocycles. The highest BCUT2D eigenvalue weighted by molar-refractivity contribution is 5.94. The topological polar surface area (TPSA) is 78.0 Å². The second kappa shape index (κ2) is 5.00. The van der Waals surface area contributed by atoms with Crippen molar-refractivity contribution in [3.05, 3.63) is 53.1 Å². The fraction of sp³-hybridized carbons (Fsp3) is 0.375. The number of fused-ring (bicyclic) bond motifs is 1. The maximum Gasteiger partial charge on any atom is 0.271 e. The number of aromatic amines is 1. The van der Waals surface area contributed by atoms with E-state index in [1.54, 1.807) is 0 Å². The van der Waals surface area contributed by atoms with Gasteiger partial charge in [-0.25, -0.2) is 4.98 Å². The van der Waals surface area contributed by atoms with Crippen molar-refractivity contribution in [1.29, 1.82) is 0 Å². The van der Waals surface area contributed by atoms with Gasteiger partial charge >= 0.3 is 0 Å². The summed E-state index contributed by atoms with van der Waals surface area (Å²) in [5.41, 5.74) is 1.90. The number of carbonyl (C=O) groups is 1. The van der Waals surface area contributed by atoms with Crippen LogP contribution in [0.4, 0.5) is 0 Å². The lowest BCUT2D eigenvalue weighted by atomic mass is 9.88. The number of aliphatic hydroxyl groups excluding tert-OH is 1. The lowest BCUT2D eigenvalue weighted by Crippen LogP contribution is -2.32. The molecule has 3 N–H and O–H groups in total. The minimum atomic E-state index is -0.853. The number of nitrogens with zero attached hydrogens (tertiary/aromatic N) is 1. The molecule has 0 fully saturated rings. The Morgan fingerprint density at radius 2 is 2.00 bits per heavy atom. The van der Waals surface area contributed by atoms with Gasteiger partial charge in [0.25, 0.3) is 5.91 Å². The minimum Gasteiger partial charge on any atom is -0.380 e. The molecule has 5 heteroatoms. The van der Waals surface area contributed by atoms with Gasteiger partial charge in [0.1, 0.15) is 17.6 Å². The van der Waals surface area contributed by atoms with Crippen LogP contribution in [0, 0.1) is 5.41 Å². The van der Waals surface area contributed by atoms with Crippen molar-refractivity contribution < 1.29 is 9.90 Å². The van der Waals surface area contributed by atoms with Gasteiger partial charge in [-0.05, 0) is 17.4 Å². The van der Waals surface area contributed by atoms with Crippen LogP contribution in [0.2, 0.25) is 0 Å². The molecule has 0 spiro atoms. The number of aromatic nitrogens is 2. The van der Waals surface area contributed by atoms with Gasteiger partial charge in [-0.1, -0.05) is 44.2 Å². The molecule has 1 atom stereocenters. The number of amides is 1. The van der Waals surface area contributed by atoms with Crippen molar-refractivity contribution >= 4 is 5.91 Å². The Bertz CT molecular complexity index is 661. The quantitative estimate of drug-likeness (QED) is 0.787. The summed E-state index contributed by atoms with van der Waals surface area (Å²) in [6.45, 7) is 4.81. The van der Waals surface area contributed by atoms with E-state index in [9.17, 15) is 9.90 Å². The predicted molar refractivity (Wildman–Crippen MR) is 78.9 cm³/mol. The zero-order valence-corrected chi connectivity index (χ0v) is 12.2. The van der Waals surface area contributed by atoms with Gasteiger partial charge in [0.2, 0.25) is 0 Å². The zero-order chi connectivity index (χ0) is 15.0. The number of hydrogen-bond donors (Lipinski definition) is 3. The van der Waals surface area contributed by atoms with Gasteiger partial charge in [0.05, 0.1) is 0 Å². The van der Waals surface area contributed by atoms with Crippen LogP contribution in [-0.2, 0) is 6.42 Å². The number of imidazole rings is 1. The van der Waals surface area contributed by atoms with Gasteiger partial charge in [-0.15, -0.1) is 0 Å². The Balaban J connectivity index is 1.97. The molecule has 3 rings (SSSR count). The van der Waals surface area contributed by atoms with Crippen LogP contribution in [0.15, 0.2) is 30.3 Å². The summed E-state index contributed by atoms with van der Waals surface area (Å²) in [4.78, 5) is 19.5. The highest BCUT2D eigenvalue weighted by Gasteiger charge is 2.30. The van der Waals surface area contributed by atoms with Crippen molar-refractivity contribution in [2.45, 2.75) is 26.4 Å². The van der Waals surface area contributed by atoms with E-state index >= 15 is 0 Å². The van der Waals surface area contributed by atoms with Crippen LogP contribution in [0.1, 0.15) is 47.5 Å². The number of carbonyl (C=O) groups excluding carboxylic acids is 1. The van der Waals surface area contributed by atoms with Gasteiger partial charge in [-0.3, -0.25) is 4.79 Å². The van der Waals surface area contributed by atoms with Gasteiger partial charge in [0.15, 0.2) is 0 Å². The summed E-state index contributed by atoms with van der Waals surface area (Å²) in [6.07, 6.45) is -0.135. The maximum absolute atomic E-state index is 12.1. The highest BCUT2D eigenvalue weighted by Crippen LogP contribution is 2.27. The molecule has 0 aliphatic carbocycles. The number of hydrogen-bond acceptors (Lipinski definition) is 3. The summed E-state index contributed by atoms with van der Waals surface area (Å²) < 4.78 is 0. The zero-order valence-electron chi connectivity index (χ0n) is 12.2. The number of H-pyrrole nitrogens is 1. The molecule has 1 unspecified atom stereocenters. The fourth-order valence-corrected chi connectivity index (χ4v) is 2.61. The van der Waals surface area contributed by atoms with E-state index in [1.807, 2.05) is 30.3 Å². The van der Waals surface area contributed by atoms with Crippen LogP contribution in [0.5, 0.6) is 0 Å². The first-order valence-electron chi connectivity index (χ1n) is 7.06. The first kappa shape index (κ1) is 13.8. The normalized spacial score (nSPS) is 18.5. The second-order valence-electron chi connectivity index (χ2n) is 6.29. The number of aliphatic hydroxyl groups is 1. The molecule has 1 aliphatic heterocycles. The van der Waals surface area contributed by atoms with Crippen molar-refractivity contribution in [3.8, 4) is 0 Å². The van der Waals surface area contributed by atoms with Crippen LogP contribution in [0.3, 0.4) is 0 Å². The Hall–Kier alpha value is -2.14. The monoisotopic (exact) mass is 285 g/mol. The first-order valence-corrected chi connectivity index (χ1v) is 7.06. The minimum absolute atomic E-state index is 0.0393. The van der Waals surface area contributed by atoms with E-state index in [-0.39, 0.29) is 11.3 Å². The highest BCUT2D eigenvalue weighted by atomic mass is 16.3. The standard InChI is InChI=1S/C16H19N3O2/c1-16(2)8-11-12(15(21)17-9-16)19-14(18-11)13(20)10-6-4-3-5-7-10/h3-7,13,20H,8-9H2,1-2H3,(H,17,21)(H,18,19). The fourth-order valence-electron chi connectivity index (χ4n) is 2.61. The molecule has 2 aromatic rings. The molecule has 0 saturated carbocycles. The van der Waals surface area contributed by atoms with E-state index in [1.165, 1.54) is 0 Å². The lowest BCUT2D eigenvalue weighted by Gasteiger charge is -2.21. The summed E-state index contributed by atoms with van der Waals surface area (Å²) in [6, 6.07) is 9.29. The van der Waals surface area contributed by atoms with E-state index in [4.69, 9.17) is 0 Å². The number of benzene rings is 1. The summed E-state index contributed by atoms with van der Waals surface area (Å²) in [5, 5.41) is 13.3. The molecular formula is C16H19N3O2. The Kier molecular flexibility index (Phi) is 3.29. The predicted octanol–water partition coefficient (Wildman–Crippen LogP) is 1.80. The Morgan fingerprint density at radius 1 is 1.29 bits per heavy atom. The van der Waals surface area contributed by atoms with Crippen LogP contribution in [0.25, 0.3) is 0 Å². The largest absolute Gasteiger partial charge is 0.380 e. The smallest absolute Gasteiger partial charge is 0.271 e. The lowest BCUT2D eigenvalue weighted by molar-refractivity contribution is 0.0940. The third-order valence-electron chi connectivity index (χ3n) is 3.77. The second-order valence-corrected chi connectivity index (χ2v) is 6.29. The Labute approximate surface area is 123 Å². The summed E-state index contributed by atoms with van der Waals surface area (Å²) >= 11 is 0. The summed E-state index contributed by atoms with van der Waals surface area (Å²) in [7, 11) is 0. The van der Waals surface area contributed by atoms with Crippen LogP contribution < -0.4 is 5.32 Å². The molecule has 110 valence electrons. The molecule has 1 aromatic heterocycles. The van der Waals surface area contributed by atoms with E-state index in [0.717, 1.165) is 17.7 Å². The van der Waals surface area contributed by atoms with Crippen LogP contribution >= 0.6 is 0 Å². The van der Waals surface area contributed by atoms with Crippen molar-refractivity contribution in [1.82, 2.24) is 15.3 Å². The van der Waals surface area contributed by atoms with Crippen molar-refractivity contribution in [3.63, 3.8) is 0 Å². The van der Waals surface area contributed by atoms with Crippen molar-refractivity contribution in [2.24, 2.45) is 5.41 Å². The van der Waals surface area contributed by atoms with E-state index in [0.29, 0.717) is 18.1 Å². The molecule has 1 aromatic carbocycles. The first-order chi connectivity index (χ1) is 9.96. The molecular weight excluding hydrogens is 266 g/mol. The average molecular weight is 285 g/mol. The van der Waals surface area contributed by atoms with Gasteiger partial charge < -0.3 is 15.4 Å². The SMILES string of the molecule is CC1(C)CNC(=O)c2nc(C(O)c3ccccc3)[nH]c2C1. The van der Waals surface area contributed by atoms with Crippen molar-refractivity contribution in [2.75, 3.05) is 6.54 Å². The summed E-state index contributed by atoms with van der Waals surface area (Å²) in [5.74, 6) is 0.234. The Morgan fingerprint density at radius 3 is 2.71 bits per heavy atom. The number of rotatable bonds is 2. The number of nitrogens with one attached hydrogen (secondary N) is 2. The maximum atomic E-state index is 12.1. The molecule has 21 heavy (non-hydrogen) atoms. The average Bonchev–Trinajstić information content (AvgIpc) is 2.84. The molecule has 2 heterocycles. The van der Waals surface area contributed by atoms with Crippen LogP contribution in [-0.4, -0.2) is 27.5 Å². The molecule has 1 aliphatic rings. The molecule has 0 radical (unpaired) electrons. The van der Waals surface area contributed by atoms with Gasteiger partial charge in [-0.2, -0.15) is 0 Å². The van der Waals surface area contributed by atoms with E-state index in [2.05, 4.69) is 29.1 Å². The molecule has 5 nitrogen and oxygen atoms in total. The molecule has 0 bridgehead atoms. The van der Waals surface area contributed by atoms with E-state index < -0.39 is 6.10 Å². The third kappa shape index (κ3) is 2.69. The molecule has 1 amide bonds. The third-order valence-corrected chi connectivity index (χ3v) is 3.77.